The van der Waals surface area contributed by atoms with Crippen molar-refractivity contribution in [3.63, 3.8) is 0 Å². The average Bonchev–Trinajstić information content (AvgIpc) is 2.96. The van der Waals surface area contributed by atoms with Gasteiger partial charge in [-0.3, -0.25) is 5.10 Å². The Kier molecular flexibility index (Phi) is 4.18. The van der Waals surface area contributed by atoms with Crippen molar-refractivity contribution in [1.82, 2.24) is 20.5 Å². The van der Waals surface area contributed by atoms with Crippen molar-refractivity contribution in [2.45, 2.75) is 6.10 Å². The third-order valence-corrected chi connectivity index (χ3v) is 3.49. The highest BCUT2D eigenvalue weighted by atomic mass is 16.5. The number of aromatic amines is 1. The summed E-state index contributed by atoms with van der Waals surface area (Å²) in [4.78, 5) is 6.51. The van der Waals surface area contributed by atoms with Crippen LogP contribution < -0.4 is 15.0 Å². The molecular formula is C13H19N5O3. The van der Waals surface area contributed by atoms with Gasteiger partial charge in [0.2, 0.25) is 5.88 Å². The Labute approximate surface area is 121 Å². The van der Waals surface area contributed by atoms with E-state index in [1.54, 1.807) is 6.20 Å². The standard InChI is InChI=1S/C13H19N5O3/c19-7-9(20)8-21-13-11-10(18-5-3-14-4-6-18)1-2-15-12(11)16-17-13/h1-2,9,14,19-20H,3-8H2,(H,15,16,17). The Morgan fingerprint density at radius 2 is 2.19 bits per heavy atom. The number of nitrogens with zero attached hydrogens (tertiary/aromatic N) is 3. The van der Waals surface area contributed by atoms with Crippen LogP contribution in [0.4, 0.5) is 5.69 Å². The second-order valence-corrected chi connectivity index (χ2v) is 4.97. The molecule has 0 aromatic carbocycles. The minimum atomic E-state index is -0.920. The van der Waals surface area contributed by atoms with Gasteiger partial charge in [-0.05, 0) is 6.07 Å². The maximum Gasteiger partial charge on any atom is 0.244 e. The highest BCUT2D eigenvalue weighted by Crippen LogP contribution is 2.31. The molecule has 8 nitrogen and oxygen atoms in total. The maximum atomic E-state index is 9.40. The fourth-order valence-electron chi connectivity index (χ4n) is 2.41. The number of ether oxygens (including phenoxy) is 1. The van der Waals surface area contributed by atoms with Crippen LogP contribution in [0.2, 0.25) is 0 Å². The number of fused-ring (bicyclic) bond motifs is 1. The predicted octanol–water partition coefficient (Wildman–Crippen LogP) is -0.900. The van der Waals surface area contributed by atoms with Gasteiger partial charge < -0.3 is 25.2 Å². The molecule has 1 aliphatic heterocycles. The summed E-state index contributed by atoms with van der Waals surface area (Å²) in [5.41, 5.74) is 1.67. The molecule has 2 aromatic rings. The largest absolute Gasteiger partial charge is 0.473 e. The first-order valence-corrected chi connectivity index (χ1v) is 7.00. The Bertz CT molecular complexity index is 597. The van der Waals surface area contributed by atoms with E-state index in [4.69, 9.17) is 9.84 Å². The second kappa shape index (κ2) is 6.25. The lowest BCUT2D eigenvalue weighted by Gasteiger charge is -2.29. The summed E-state index contributed by atoms with van der Waals surface area (Å²) in [5.74, 6) is 0.402. The van der Waals surface area contributed by atoms with Crippen LogP contribution in [0.1, 0.15) is 0 Å². The Morgan fingerprint density at radius 3 is 2.95 bits per heavy atom. The Balaban J connectivity index is 1.90. The molecule has 21 heavy (non-hydrogen) atoms. The molecule has 3 rings (SSSR count). The molecule has 114 valence electrons. The molecule has 1 saturated heterocycles. The van der Waals surface area contributed by atoms with Crippen LogP contribution in [0.5, 0.6) is 5.88 Å². The smallest absolute Gasteiger partial charge is 0.244 e. The van der Waals surface area contributed by atoms with Crippen LogP contribution in [0, 0.1) is 0 Å². The monoisotopic (exact) mass is 293 g/mol. The van der Waals surface area contributed by atoms with Crippen molar-refractivity contribution in [1.29, 1.82) is 0 Å². The SMILES string of the molecule is OCC(O)COc1n[nH]c2nccc(N3CCNCC3)c12. The van der Waals surface area contributed by atoms with E-state index in [2.05, 4.69) is 25.4 Å². The van der Waals surface area contributed by atoms with Crippen molar-refractivity contribution in [2.75, 3.05) is 44.3 Å². The molecule has 3 heterocycles. The molecule has 1 atom stereocenters. The minimum absolute atomic E-state index is 0.00760. The van der Waals surface area contributed by atoms with Crippen molar-refractivity contribution < 1.29 is 14.9 Å². The zero-order chi connectivity index (χ0) is 14.7. The number of hydrogen-bond acceptors (Lipinski definition) is 7. The Morgan fingerprint density at radius 1 is 1.38 bits per heavy atom. The number of rotatable bonds is 5. The van der Waals surface area contributed by atoms with Crippen LogP contribution in [-0.2, 0) is 0 Å². The van der Waals surface area contributed by atoms with Gasteiger partial charge in [-0.2, -0.15) is 0 Å². The topological polar surface area (TPSA) is 107 Å². The van der Waals surface area contributed by atoms with Crippen molar-refractivity contribution >= 4 is 16.7 Å². The second-order valence-electron chi connectivity index (χ2n) is 4.97. The minimum Gasteiger partial charge on any atom is -0.473 e. The van der Waals surface area contributed by atoms with Gasteiger partial charge in [0.05, 0.1) is 12.3 Å². The molecule has 1 unspecified atom stereocenters. The molecule has 2 aromatic heterocycles. The van der Waals surface area contributed by atoms with Gasteiger partial charge in [-0.25, -0.2) is 4.98 Å². The van der Waals surface area contributed by atoms with E-state index in [0.29, 0.717) is 11.5 Å². The molecule has 0 bridgehead atoms. The highest BCUT2D eigenvalue weighted by Gasteiger charge is 2.19. The molecule has 1 aliphatic rings. The summed E-state index contributed by atoms with van der Waals surface area (Å²) in [6, 6.07) is 1.94. The molecule has 0 amide bonds. The number of aliphatic hydroxyl groups is 2. The zero-order valence-corrected chi connectivity index (χ0v) is 11.6. The molecule has 0 aliphatic carbocycles. The first kappa shape index (κ1) is 14.1. The van der Waals surface area contributed by atoms with E-state index in [1.165, 1.54) is 0 Å². The predicted molar refractivity (Wildman–Crippen MR) is 77.6 cm³/mol. The van der Waals surface area contributed by atoms with E-state index in [1.807, 2.05) is 6.07 Å². The van der Waals surface area contributed by atoms with Crippen LogP contribution in [0.3, 0.4) is 0 Å². The fourth-order valence-corrected chi connectivity index (χ4v) is 2.41. The zero-order valence-electron chi connectivity index (χ0n) is 11.6. The van der Waals surface area contributed by atoms with Crippen molar-refractivity contribution in [3.05, 3.63) is 12.3 Å². The highest BCUT2D eigenvalue weighted by molar-refractivity contribution is 5.93. The summed E-state index contributed by atoms with van der Waals surface area (Å²) in [7, 11) is 0. The van der Waals surface area contributed by atoms with E-state index >= 15 is 0 Å². The van der Waals surface area contributed by atoms with Crippen LogP contribution in [0.25, 0.3) is 11.0 Å². The summed E-state index contributed by atoms with van der Waals surface area (Å²) in [5, 5.41) is 29.3. The van der Waals surface area contributed by atoms with Gasteiger partial charge in [-0.1, -0.05) is 0 Å². The molecule has 1 fully saturated rings. The van der Waals surface area contributed by atoms with Gasteiger partial charge in [0.15, 0.2) is 5.65 Å². The van der Waals surface area contributed by atoms with E-state index in [9.17, 15) is 5.11 Å². The molecule has 4 N–H and O–H groups in total. The lowest BCUT2D eigenvalue weighted by molar-refractivity contribution is 0.0526. The average molecular weight is 293 g/mol. The van der Waals surface area contributed by atoms with Crippen LogP contribution in [-0.4, -0.2) is 70.9 Å². The number of piperazine rings is 1. The van der Waals surface area contributed by atoms with Gasteiger partial charge in [0.25, 0.3) is 0 Å². The number of H-pyrrole nitrogens is 1. The molecular weight excluding hydrogens is 274 g/mol. The van der Waals surface area contributed by atoms with E-state index in [-0.39, 0.29) is 13.2 Å². The van der Waals surface area contributed by atoms with E-state index < -0.39 is 6.10 Å². The fraction of sp³-hybridized carbons (Fsp3) is 0.538. The van der Waals surface area contributed by atoms with Crippen LogP contribution >= 0.6 is 0 Å². The van der Waals surface area contributed by atoms with Gasteiger partial charge >= 0.3 is 0 Å². The molecule has 8 heteroatoms. The summed E-state index contributed by atoms with van der Waals surface area (Å²) < 4.78 is 5.51. The van der Waals surface area contributed by atoms with Crippen LogP contribution in [0.15, 0.2) is 12.3 Å². The Hall–Kier alpha value is -1.90. The van der Waals surface area contributed by atoms with Crippen molar-refractivity contribution in [2.24, 2.45) is 0 Å². The summed E-state index contributed by atoms with van der Waals surface area (Å²) >= 11 is 0. The number of anilines is 1. The summed E-state index contributed by atoms with van der Waals surface area (Å²) in [6.07, 6.45) is 0.820. The lowest BCUT2D eigenvalue weighted by Crippen LogP contribution is -2.43. The lowest BCUT2D eigenvalue weighted by atomic mass is 10.2. The van der Waals surface area contributed by atoms with Gasteiger partial charge in [-0.15, -0.1) is 5.10 Å². The normalized spacial score (nSPS) is 17.1. The molecule has 0 radical (unpaired) electrons. The summed E-state index contributed by atoms with van der Waals surface area (Å²) in [6.45, 7) is 3.33. The number of nitrogens with one attached hydrogen (secondary N) is 2. The number of hydrogen-bond donors (Lipinski definition) is 4. The molecule has 0 saturated carbocycles. The maximum absolute atomic E-state index is 9.40. The quantitative estimate of drug-likeness (QED) is 0.566. The first-order valence-electron chi connectivity index (χ1n) is 7.00. The number of aromatic nitrogens is 3. The number of pyridine rings is 1. The van der Waals surface area contributed by atoms with Gasteiger partial charge in [0.1, 0.15) is 18.1 Å². The van der Waals surface area contributed by atoms with Crippen molar-refractivity contribution in [3.8, 4) is 5.88 Å². The van der Waals surface area contributed by atoms with E-state index in [0.717, 1.165) is 37.3 Å². The first-order chi connectivity index (χ1) is 10.3. The third kappa shape index (κ3) is 2.92. The third-order valence-electron chi connectivity index (χ3n) is 3.49. The van der Waals surface area contributed by atoms with Gasteiger partial charge in [0, 0.05) is 32.4 Å². The number of aliphatic hydroxyl groups excluding tert-OH is 2. The molecule has 0 spiro atoms.